The maximum atomic E-state index is 13.5. The summed E-state index contributed by atoms with van der Waals surface area (Å²) < 4.78 is 11.2. The van der Waals surface area contributed by atoms with Crippen LogP contribution >= 0.6 is 21.6 Å². The summed E-state index contributed by atoms with van der Waals surface area (Å²) in [6.45, 7) is 3.61. The summed E-state index contributed by atoms with van der Waals surface area (Å²) in [5.41, 5.74) is 1.78. The van der Waals surface area contributed by atoms with Gasteiger partial charge in [0.1, 0.15) is 11.9 Å². The zero-order valence-electron chi connectivity index (χ0n) is 21.1. The highest BCUT2D eigenvalue weighted by atomic mass is 33.1. The number of rotatable bonds is 5. The van der Waals surface area contributed by atoms with Crippen LogP contribution in [0.4, 0.5) is 0 Å². The maximum absolute atomic E-state index is 13.5. The van der Waals surface area contributed by atoms with Gasteiger partial charge < -0.3 is 19.6 Å². The third-order valence-corrected chi connectivity index (χ3v) is 10.1. The van der Waals surface area contributed by atoms with Gasteiger partial charge in [0.15, 0.2) is 11.5 Å². The topological polar surface area (TPSA) is 88.6 Å². The van der Waals surface area contributed by atoms with Gasteiger partial charge in [-0.15, -0.1) is 0 Å². The molecule has 0 bridgehead atoms. The molecule has 1 aliphatic carbocycles. The molecular weight excluding hydrogens is 494 g/mol. The van der Waals surface area contributed by atoms with Crippen molar-refractivity contribution in [3.8, 4) is 11.5 Å². The molecule has 1 aliphatic heterocycles. The average molecular weight is 530 g/mol. The Bertz CT molecular complexity index is 1090. The summed E-state index contributed by atoms with van der Waals surface area (Å²) in [6.07, 6.45) is 10.5. The second-order valence-electron chi connectivity index (χ2n) is 9.78. The number of ketones is 1. The number of hydrogen-bond donors (Lipinski definition) is 2. The molecule has 36 heavy (non-hydrogen) atoms. The highest BCUT2D eigenvalue weighted by Crippen LogP contribution is 2.50. The lowest BCUT2D eigenvalue weighted by Gasteiger charge is -2.45. The fraction of sp³-hybridized carbons (Fsp3) is 0.500. The van der Waals surface area contributed by atoms with Crippen LogP contribution in [0.25, 0.3) is 0 Å². The van der Waals surface area contributed by atoms with Crippen molar-refractivity contribution in [2.75, 3.05) is 18.6 Å². The molecule has 1 aromatic heterocycles. The minimum absolute atomic E-state index is 0.00508. The third kappa shape index (κ3) is 5.80. The largest absolute Gasteiger partial charge is 0.504 e. The van der Waals surface area contributed by atoms with E-state index in [1.54, 1.807) is 27.7 Å². The van der Waals surface area contributed by atoms with E-state index in [4.69, 9.17) is 9.47 Å². The van der Waals surface area contributed by atoms with Crippen LogP contribution in [-0.2, 0) is 19.7 Å². The molecular formula is C28H35NO5S2. The number of carbonyl (C=O) groups excluding carboxylic acids is 2. The first-order chi connectivity index (χ1) is 17.4. The molecule has 2 N–H and O–H groups in total. The highest BCUT2D eigenvalue weighted by molar-refractivity contribution is 8.76. The molecule has 1 aromatic carbocycles. The number of nitrogens with one attached hydrogen (secondary N) is 1. The van der Waals surface area contributed by atoms with Gasteiger partial charge in [-0.3, -0.25) is 9.59 Å². The summed E-state index contributed by atoms with van der Waals surface area (Å²) >= 11 is 0. The van der Waals surface area contributed by atoms with Gasteiger partial charge in [0.25, 0.3) is 0 Å². The second kappa shape index (κ2) is 11.8. The molecule has 8 heteroatoms. The lowest BCUT2D eigenvalue weighted by atomic mass is 9.62. The number of phenols is 1. The first-order valence-corrected chi connectivity index (χ1v) is 15.0. The first kappa shape index (κ1) is 26.7. The fourth-order valence-corrected chi connectivity index (χ4v) is 8.49. The van der Waals surface area contributed by atoms with Crippen LogP contribution in [0, 0.1) is 11.8 Å². The van der Waals surface area contributed by atoms with Crippen molar-refractivity contribution < 1.29 is 24.2 Å². The second-order valence-corrected chi connectivity index (χ2v) is 12.3. The average Bonchev–Trinajstić information content (AvgIpc) is 3.40. The van der Waals surface area contributed by atoms with Gasteiger partial charge in [-0.1, -0.05) is 46.7 Å². The molecule has 4 rings (SSSR count). The molecule has 1 fully saturated rings. The van der Waals surface area contributed by atoms with Crippen LogP contribution in [0.2, 0.25) is 0 Å². The Labute approximate surface area is 221 Å². The van der Waals surface area contributed by atoms with Crippen LogP contribution in [0.1, 0.15) is 56.6 Å². The number of hydrogen-bond acceptors (Lipinski definition) is 7. The molecule has 1 saturated heterocycles. The van der Waals surface area contributed by atoms with Crippen molar-refractivity contribution in [2.45, 2.75) is 57.0 Å². The Kier molecular flexibility index (Phi) is 8.78. The Hall–Kier alpha value is -2.32. The van der Waals surface area contributed by atoms with Crippen molar-refractivity contribution in [3.05, 3.63) is 59.9 Å². The Morgan fingerprint density at radius 2 is 2.08 bits per heavy atom. The zero-order chi connectivity index (χ0) is 25.7. The number of carbonyl (C=O) groups is 2. The van der Waals surface area contributed by atoms with Crippen molar-refractivity contribution in [1.82, 2.24) is 4.98 Å². The molecule has 0 saturated carbocycles. The molecule has 2 aliphatic rings. The fourth-order valence-electron chi connectivity index (χ4n) is 5.55. The van der Waals surface area contributed by atoms with Gasteiger partial charge >= 0.3 is 5.97 Å². The van der Waals surface area contributed by atoms with E-state index in [0.717, 1.165) is 35.5 Å². The predicted octanol–water partition coefficient (Wildman–Crippen LogP) is 6.03. The Morgan fingerprint density at radius 1 is 1.25 bits per heavy atom. The number of aromatic hydroxyl groups is 1. The van der Waals surface area contributed by atoms with Crippen LogP contribution in [-0.4, -0.2) is 46.6 Å². The predicted molar refractivity (Wildman–Crippen MR) is 146 cm³/mol. The molecule has 0 radical (unpaired) electrons. The molecule has 5 atom stereocenters. The number of Topliss-reactive ketones (excluding diaryl/α,β-unsaturated/α-hetero) is 1. The third-order valence-electron chi connectivity index (χ3n) is 7.54. The van der Waals surface area contributed by atoms with E-state index in [0.29, 0.717) is 18.1 Å². The summed E-state index contributed by atoms with van der Waals surface area (Å²) in [6, 6.07) is 7.40. The van der Waals surface area contributed by atoms with E-state index in [1.807, 2.05) is 24.5 Å². The number of aromatic nitrogens is 1. The Balaban J connectivity index is 1.72. The molecule has 6 nitrogen and oxygen atoms in total. The number of aromatic amines is 1. The summed E-state index contributed by atoms with van der Waals surface area (Å²) in [5.74, 6) is 2.11. The van der Waals surface area contributed by atoms with Gasteiger partial charge in [-0.05, 0) is 48.1 Å². The number of fused-ring (bicyclic) bond motifs is 1. The van der Waals surface area contributed by atoms with E-state index in [2.05, 4.69) is 30.1 Å². The van der Waals surface area contributed by atoms with E-state index in [9.17, 15) is 14.7 Å². The van der Waals surface area contributed by atoms with E-state index in [-0.39, 0.29) is 41.2 Å². The summed E-state index contributed by atoms with van der Waals surface area (Å²) in [5, 5.41) is 10.0. The van der Waals surface area contributed by atoms with Crippen molar-refractivity contribution in [3.63, 3.8) is 0 Å². The van der Waals surface area contributed by atoms with Crippen LogP contribution in [0.3, 0.4) is 0 Å². The van der Waals surface area contributed by atoms with E-state index < -0.39 is 6.10 Å². The molecule has 0 spiro atoms. The molecule has 0 unspecified atom stereocenters. The number of ether oxygens (including phenoxy) is 2. The highest BCUT2D eigenvalue weighted by Gasteiger charge is 2.47. The van der Waals surface area contributed by atoms with Crippen LogP contribution in [0.5, 0.6) is 11.5 Å². The maximum Gasteiger partial charge on any atom is 0.302 e. The summed E-state index contributed by atoms with van der Waals surface area (Å²) in [4.78, 5) is 29.0. The number of H-pyrrole nitrogens is 1. The molecule has 194 valence electrons. The number of esters is 1. The smallest absolute Gasteiger partial charge is 0.302 e. The lowest BCUT2D eigenvalue weighted by molar-refractivity contribution is -0.152. The van der Waals surface area contributed by atoms with E-state index >= 15 is 0 Å². The van der Waals surface area contributed by atoms with Crippen LogP contribution < -0.4 is 4.74 Å². The normalized spacial score (nSPS) is 29.1. The van der Waals surface area contributed by atoms with Crippen molar-refractivity contribution in [1.29, 1.82) is 0 Å². The number of phenolic OH excluding ortho intramolecular Hbond substituents is 1. The first-order valence-electron chi connectivity index (χ1n) is 12.5. The molecule has 2 aromatic rings. The minimum atomic E-state index is -0.498. The standard InChI is InChI=1S/C28H35NO5S2/c1-4-19-7-9-28(22-8-10-29-15-22)17-36-35-16-21(20-5-6-25(32)27(13-20)33-3)12-23(31)14-26(24(28)11-19)34-18(2)30/h5-10,13,15,19,21,24,26,29,32H,4,11-12,14,16-17H2,1-3H3/t19-,21-,24-,26+,28+/m1/s1. The Morgan fingerprint density at radius 3 is 2.78 bits per heavy atom. The quantitative estimate of drug-likeness (QED) is 0.278. The van der Waals surface area contributed by atoms with Gasteiger partial charge in [-0.25, -0.2) is 0 Å². The van der Waals surface area contributed by atoms with Crippen molar-refractivity contribution in [2.24, 2.45) is 11.8 Å². The monoisotopic (exact) mass is 529 g/mol. The molecule has 2 heterocycles. The summed E-state index contributed by atoms with van der Waals surface area (Å²) in [7, 11) is 5.09. The SMILES string of the molecule is CC[C@@H]1C=C[C@@]2(c3cc[nH]c3)CSSC[C@H](c3ccc(O)c(OC)c3)CC(=O)C[C@H](OC(C)=O)[C@H]2C1. The lowest BCUT2D eigenvalue weighted by Crippen LogP contribution is -2.47. The number of benzene rings is 1. The number of methoxy groups -OCH3 is 1. The zero-order valence-corrected chi connectivity index (χ0v) is 22.7. The van der Waals surface area contributed by atoms with Gasteiger partial charge in [-0.2, -0.15) is 0 Å². The minimum Gasteiger partial charge on any atom is -0.504 e. The van der Waals surface area contributed by atoms with Crippen molar-refractivity contribution >= 4 is 33.3 Å². The van der Waals surface area contributed by atoms with Crippen LogP contribution in [0.15, 0.2) is 48.8 Å². The van der Waals surface area contributed by atoms with Gasteiger partial charge in [0.2, 0.25) is 0 Å². The number of allylic oxidation sites excluding steroid dienone is 2. The molecule has 0 amide bonds. The van der Waals surface area contributed by atoms with Gasteiger partial charge in [0, 0.05) is 60.9 Å². The van der Waals surface area contributed by atoms with E-state index in [1.165, 1.54) is 14.0 Å². The van der Waals surface area contributed by atoms with Gasteiger partial charge in [0.05, 0.1) is 7.11 Å².